The minimum atomic E-state index is -0.358. The van der Waals surface area contributed by atoms with Crippen LogP contribution >= 0.6 is 0 Å². The van der Waals surface area contributed by atoms with Crippen molar-refractivity contribution in [3.8, 4) is 6.07 Å². The number of nitriles is 1. The Balaban J connectivity index is 1.63. The number of ether oxygens (including phenoxy) is 1. The number of rotatable bonds is 7. The molecule has 0 saturated heterocycles. The molecule has 0 aliphatic heterocycles. The van der Waals surface area contributed by atoms with E-state index < -0.39 is 0 Å². The van der Waals surface area contributed by atoms with Crippen LogP contribution in [0.25, 0.3) is 0 Å². The summed E-state index contributed by atoms with van der Waals surface area (Å²) < 4.78 is 6.02. The van der Waals surface area contributed by atoms with Gasteiger partial charge in [0.1, 0.15) is 5.54 Å². The van der Waals surface area contributed by atoms with Crippen molar-refractivity contribution in [1.82, 2.24) is 5.32 Å². The maximum Gasteiger partial charge on any atom is 0.104 e. The van der Waals surface area contributed by atoms with Crippen molar-refractivity contribution in [3.63, 3.8) is 0 Å². The fraction of sp³-hybridized carbons (Fsp3) is 0.938. The van der Waals surface area contributed by atoms with Crippen LogP contribution in [0.4, 0.5) is 0 Å². The first kappa shape index (κ1) is 14.8. The van der Waals surface area contributed by atoms with E-state index in [2.05, 4.69) is 18.3 Å². The second kappa shape index (κ2) is 6.72. The number of hydrogen-bond acceptors (Lipinski definition) is 3. The molecule has 2 fully saturated rings. The van der Waals surface area contributed by atoms with Crippen LogP contribution in [0, 0.1) is 17.2 Å². The van der Waals surface area contributed by atoms with Gasteiger partial charge in [-0.3, -0.25) is 5.32 Å². The summed E-state index contributed by atoms with van der Waals surface area (Å²) in [4.78, 5) is 0. The number of nitrogens with one attached hydrogen (secondary N) is 1. The van der Waals surface area contributed by atoms with Crippen molar-refractivity contribution in [3.05, 3.63) is 0 Å². The summed E-state index contributed by atoms with van der Waals surface area (Å²) in [7, 11) is 0. The molecule has 108 valence electrons. The van der Waals surface area contributed by atoms with Gasteiger partial charge < -0.3 is 4.74 Å². The molecule has 3 atom stereocenters. The second-order valence-electron chi connectivity index (χ2n) is 6.64. The predicted molar refractivity (Wildman–Crippen MR) is 76.8 cm³/mol. The molecule has 19 heavy (non-hydrogen) atoms. The first-order valence-electron chi connectivity index (χ1n) is 7.93. The highest BCUT2D eigenvalue weighted by Gasteiger charge is 2.32. The summed E-state index contributed by atoms with van der Waals surface area (Å²) in [5.41, 5.74) is -0.358. The highest BCUT2D eigenvalue weighted by Crippen LogP contribution is 2.27. The van der Waals surface area contributed by atoms with Crippen LogP contribution in [0.15, 0.2) is 0 Å². The van der Waals surface area contributed by atoms with Crippen molar-refractivity contribution >= 4 is 0 Å². The summed E-state index contributed by atoms with van der Waals surface area (Å²) in [5, 5.41) is 12.7. The van der Waals surface area contributed by atoms with Crippen LogP contribution in [-0.4, -0.2) is 24.3 Å². The molecule has 2 saturated carbocycles. The zero-order chi connectivity index (χ0) is 13.7. The summed E-state index contributed by atoms with van der Waals surface area (Å²) in [5.74, 6) is 0.709. The van der Waals surface area contributed by atoms with Gasteiger partial charge >= 0.3 is 0 Å². The topological polar surface area (TPSA) is 45.0 Å². The van der Waals surface area contributed by atoms with Gasteiger partial charge in [0, 0.05) is 12.6 Å². The lowest BCUT2D eigenvalue weighted by Gasteiger charge is -2.29. The molecule has 3 heteroatoms. The van der Waals surface area contributed by atoms with Gasteiger partial charge in [-0.05, 0) is 51.4 Å². The van der Waals surface area contributed by atoms with E-state index in [1.807, 2.05) is 6.92 Å². The highest BCUT2D eigenvalue weighted by atomic mass is 16.5. The lowest BCUT2D eigenvalue weighted by molar-refractivity contribution is -0.00765. The number of hydrogen-bond donors (Lipinski definition) is 1. The van der Waals surface area contributed by atoms with Crippen molar-refractivity contribution in [1.29, 1.82) is 5.26 Å². The fourth-order valence-electron chi connectivity index (χ4n) is 3.03. The summed E-state index contributed by atoms with van der Waals surface area (Å²) in [6.45, 7) is 5.13. The smallest absolute Gasteiger partial charge is 0.104 e. The molecule has 2 rings (SSSR count). The van der Waals surface area contributed by atoms with Crippen LogP contribution in [0.3, 0.4) is 0 Å². The van der Waals surface area contributed by atoms with Gasteiger partial charge in [-0.25, -0.2) is 0 Å². The van der Waals surface area contributed by atoms with E-state index in [4.69, 9.17) is 4.74 Å². The summed E-state index contributed by atoms with van der Waals surface area (Å²) in [6, 6.07) is 3.02. The molecule has 3 unspecified atom stereocenters. The van der Waals surface area contributed by atoms with E-state index in [1.54, 1.807) is 0 Å². The van der Waals surface area contributed by atoms with Crippen LogP contribution in [0.2, 0.25) is 0 Å². The molecule has 1 N–H and O–H groups in total. The maximum atomic E-state index is 9.30. The maximum absolute atomic E-state index is 9.30. The molecule has 0 bridgehead atoms. The normalized spacial score (nSPS) is 30.6. The molecular formula is C16H28N2O. The van der Waals surface area contributed by atoms with Gasteiger partial charge in [0.25, 0.3) is 0 Å². The third-order valence-corrected chi connectivity index (χ3v) is 4.53. The molecular weight excluding hydrogens is 236 g/mol. The molecule has 3 nitrogen and oxygen atoms in total. The van der Waals surface area contributed by atoms with Crippen LogP contribution in [0.1, 0.15) is 65.2 Å². The van der Waals surface area contributed by atoms with Gasteiger partial charge in [-0.15, -0.1) is 0 Å². The Kier molecular flexibility index (Phi) is 5.24. The Morgan fingerprint density at radius 2 is 2.00 bits per heavy atom. The lowest BCUT2D eigenvalue weighted by Crippen LogP contribution is -2.42. The molecule has 2 aliphatic rings. The first-order valence-corrected chi connectivity index (χ1v) is 7.93. The monoisotopic (exact) mass is 264 g/mol. The average molecular weight is 264 g/mol. The summed E-state index contributed by atoms with van der Waals surface area (Å²) in [6.07, 6.45) is 9.99. The quantitative estimate of drug-likeness (QED) is 0.717. The van der Waals surface area contributed by atoms with Crippen molar-refractivity contribution < 1.29 is 4.74 Å². The SMILES string of the molecule is CC1CCCCC1OCCCC(C)(C#N)NC1CC1. The zero-order valence-electron chi connectivity index (χ0n) is 12.5. The molecule has 0 amide bonds. The summed E-state index contributed by atoms with van der Waals surface area (Å²) >= 11 is 0. The van der Waals surface area contributed by atoms with Crippen molar-refractivity contribution in [2.24, 2.45) is 5.92 Å². The first-order chi connectivity index (χ1) is 9.13. The van der Waals surface area contributed by atoms with Crippen LogP contribution < -0.4 is 5.32 Å². The lowest BCUT2D eigenvalue weighted by atomic mass is 9.88. The Bertz CT molecular complexity index is 321. The largest absolute Gasteiger partial charge is 0.378 e. The average Bonchev–Trinajstić information content (AvgIpc) is 3.20. The fourth-order valence-corrected chi connectivity index (χ4v) is 3.03. The standard InChI is InChI=1S/C16H28N2O/c1-13-6-3-4-7-15(13)19-11-5-10-16(2,12-17)18-14-8-9-14/h13-15,18H,3-11H2,1-2H3. The second-order valence-corrected chi connectivity index (χ2v) is 6.64. The molecule has 0 aromatic heterocycles. The van der Waals surface area contributed by atoms with Crippen LogP contribution in [0.5, 0.6) is 0 Å². The van der Waals surface area contributed by atoms with E-state index in [0.717, 1.165) is 19.4 Å². The Hall–Kier alpha value is -0.590. The third-order valence-electron chi connectivity index (χ3n) is 4.53. The Morgan fingerprint density at radius 3 is 2.63 bits per heavy atom. The Morgan fingerprint density at radius 1 is 1.26 bits per heavy atom. The highest BCUT2D eigenvalue weighted by molar-refractivity contribution is 5.06. The van der Waals surface area contributed by atoms with E-state index >= 15 is 0 Å². The van der Waals surface area contributed by atoms with E-state index in [1.165, 1.54) is 38.5 Å². The van der Waals surface area contributed by atoms with E-state index in [-0.39, 0.29) is 5.54 Å². The van der Waals surface area contributed by atoms with Crippen molar-refractivity contribution in [2.45, 2.75) is 82.9 Å². The van der Waals surface area contributed by atoms with E-state index in [0.29, 0.717) is 18.1 Å². The molecule has 0 aromatic rings. The van der Waals surface area contributed by atoms with Gasteiger partial charge in [-0.1, -0.05) is 19.8 Å². The molecule has 2 aliphatic carbocycles. The van der Waals surface area contributed by atoms with Crippen LogP contribution in [-0.2, 0) is 4.74 Å². The third kappa shape index (κ3) is 4.78. The minimum absolute atomic E-state index is 0.358. The predicted octanol–water partition coefficient (Wildman–Crippen LogP) is 3.40. The van der Waals surface area contributed by atoms with E-state index in [9.17, 15) is 5.26 Å². The van der Waals surface area contributed by atoms with Gasteiger partial charge in [0.15, 0.2) is 0 Å². The zero-order valence-corrected chi connectivity index (χ0v) is 12.5. The molecule has 0 aromatic carbocycles. The van der Waals surface area contributed by atoms with Gasteiger partial charge in [0.05, 0.1) is 12.2 Å². The minimum Gasteiger partial charge on any atom is -0.378 e. The molecule has 0 spiro atoms. The van der Waals surface area contributed by atoms with Gasteiger partial charge in [-0.2, -0.15) is 5.26 Å². The number of nitrogens with zero attached hydrogens (tertiary/aromatic N) is 1. The molecule has 0 heterocycles. The van der Waals surface area contributed by atoms with Crippen molar-refractivity contribution in [2.75, 3.05) is 6.61 Å². The van der Waals surface area contributed by atoms with Gasteiger partial charge in [0.2, 0.25) is 0 Å². The Labute approximate surface area is 117 Å². The molecule has 0 radical (unpaired) electrons.